The van der Waals surface area contributed by atoms with Crippen LogP contribution in [0.2, 0.25) is 0 Å². The molecule has 100 valence electrons. The number of carbonyl (C=O) groups is 1. The van der Waals surface area contributed by atoms with E-state index in [2.05, 4.69) is 26.8 Å². The molecule has 0 radical (unpaired) electrons. The number of carbonyl (C=O) groups excluding carboxylic acids is 1. The van der Waals surface area contributed by atoms with E-state index in [1.165, 1.54) is 0 Å². The minimum absolute atomic E-state index is 0.102. The van der Waals surface area contributed by atoms with Gasteiger partial charge < -0.3 is 4.90 Å². The van der Waals surface area contributed by atoms with Crippen LogP contribution in [0.15, 0.2) is 22.7 Å². The predicted molar refractivity (Wildman–Crippen MR) is 80.1 cm³/mol. The van der Waals surface area contributed by atoms with Gasteiger partial charge in [-0.05, 0) is 30.7 Å². The van der Waals surface area contributed by atoms with Crippen LogP contribution in [-0.4, -0.2) is 48.4 Å². The largest absolute Gasteiger partial charge is 0.336 e. The summed E-state index contributed by atoms with van der Waals surface area (Å²) in [6, 6.07) is 5.81. The standard InChI is InChI=1S/C15H17BrN2O/c1-3-4-17-5-7-18(8-6-17)15(19)13-9-12(2)10-14(16)11-13/h1,9-11H,4-8H2,2H3. The topological polar surface area (TPSA) is 23.6 Å². The van der Waals surface area contributed by atoms with Crippen molar-refractivity contribution in [2.75, 3.05) is 32.7 Å². The number of halogens is 1. The summed E-state index contributed by atoms with van der Waals surface area (Å²) in [7, 11) is 0. The van der Waals surface area contributed by atoms with Gasteiger partial charge in [0.05, 0.1) is 6.54 Å². The number of terminal acetylenes is 1. The van der Waals surface area contributed by atoms with Crippen molar-refractivity contribution < 1.29 is 4.79 Å². The molecule has 1 aliphatic heterocycles. The Bertz CT molecular complexity index is 493. The third kappa shape index (κ3) is 3.59. The Kier molecular flexibility index (Phi) is 4.62. The number of benzene rings is 1. The number of hydrogen-bond donors (Lipinski definition) is 0. The molecule has 1 fully saturated rings. The molecular formula is C15H17BrN2O. The number of piperazine rings is 1. The fourth-order valence-electron chi connectivity index (χ4n) is 2.28. The summed E-state index contributed by atoms with van der Waals surface area (Å²) in [5.74, 6) is 2.75. The molecule has 0 spiro atoms. The summed E-state index contributed by atoms with van der Waals surface area (Å²) in [5.41, 5.74) is 1.83. The lowest BCUT2D eigenvalue weighted by molar-refractivity contribution is 0.0652. The fourth-order valence-corrected chi connectivity index (χ4v) is 2.89. The lowest BCUT2D eigenvalue weighted by atomic mass is 10.1. The summed E-state index contributed by atoms with van der Waals surface area (Å²) >= 11 is 3.43. The molecule has 1 amide bonds. The molecule has 1 aromatic carbocycles. The third-order valence-corrected chi connectivity index (χ3v) is 3.72. The van der Waals surface area contributed by atoms with Crippen LogP contribution in [0, 0.1) is 19.3 Å². The maximum Gasteiger partial charge on any atom is 0.253 e. The van der Waals surface area contributed by atoms with Crippen LogP contribution in [0.5, 0.6) is 0 Å². The number of hydrogen-bond acceptors (Lipinski definition) is 2. The molecule has 1 saturated heterocycles. The minimum atomic E-state index is 0.102. The summed E-state index contributed by atoms with van der Waals surface area (Å²) in [4.78, 5) is 16.5. The highest BCUT2D eigenvalue weighted by Gasteiger charge is 2.21. The van der Waals surface area contributed by atoms with Crippen LogP contribution in [0.4, 0.5) is 0 Å². The van der Waals surface area contributed by atoms with Gasteiger partial charge in [-0.25, -0.2) is 0 Å². The van der Waals surface area contributed by atoms with Crippen LogP contribution in [0.3, 0.4) is 0 Å². The second-order valence-corrected chi connectivity index (χ2v) is 5.71. The zero-order valence-electron chi connectivity index (χ0n) is 11.0. The first-order valence-corrected chi connectivity index (χ1v) is 7.12. The van der Waals surface area contributed by atoms with Gasteiger partial charge in [0.2, 0.25) is 0 Å². The van der Waals surface area contributed by atoms with E-state index in [1.807, 2.05) is 30.0 Å². The highest BCUT2D eigenvalue weighted by Crippen LogP contribution is 2.17. The highest BCUT2D eigenvalue weighted by molar-refractivity contribution is 9.10. The van der Waals surface area contributed by atoms with Gasteiger partial charge in [-0.3, -0.25) is 9.69 Å². The SMILES string of the molecule is C#CCN1CCN(C(=O)c2cc(C)cc(Br)c2)CC1. The van der Waals surface area contributed by atoms with E-state index >= 15 is 0 Å². The van der Waals surface area contributed by atoms with Gasteiger partial charge in [-0.1, -0.05) is 21.9 Å². The third-order valence-electron chi connectivity index (χ3n) is 3.26. The summed E-state index contributed by atoms with van der Waals surface area (Å²) in [6.45, 7) is 5.84. The van der Waals surface area contributed by atoms with Crippen molar-refractivity contribution in [3.05, 3.63) is 33.8 Å². The van der Waals surface area contributed by atoms with Gasteiger partial charge in [0.15, 0.2) is 0 Å². The summed E-state index contributed by atoms with van der Waals surface area (Å²) in [6.07, 6.45) is 5.30. The van der Waals surface area contributed by atoms with E-state index in [0.717, 1.165) is 41.8 Å². The zero-order chi connectivity index (χ0) is 13.8. The van der Waals surface area contributed by atoms with Crippen molar-refractivity contribution in [3.8, 4) is 12.3 Å². The van der Waals surface area contributed by atoms with Crippen LogP contribution in [0.25, 0.3) is 0 Å². The first-order valence-electron chi connectivity index (χ1n) is 6.32. The first kappa shape index (κ1) is 14.1. The van der Waals surface area contributed by atoms with E-state index in [1.54, 1.807) is 0 Å². The molecule has 0 aliphatic carbocycles. The van der Waals surface area contributed by atoms with E-state index in [4.69, 9.17) is 6.42 Å². The van der Waals surface area contributed by atoms with Crippen LogP contribution in [-0.2, 0) is 0 Å². The van der Waals surface area contributed by atoms with E-state index in [-0.39, 0.29) is 5.91 Å². The van der Waals surface area contributed by atoms with Crippen molar-refractivity contribution in [3.63, 3.8) is 0 Å². The van der Waals surface area contributed by atoms with Gasteiger partial charge in [0, 0.05) is 36.2 Å². The molecule has 0 bridgehead atoms. The van der Waals surface area contributed by atoms with E-state index in [0.29, 0.717) is 6.54 Å². The molecule has 4 heteroatoms. The first-order chi connectivity index (χ1) is 9.10. The summed E-state index contributed by atoms with van der Waals surface area (Å²) in [5, 5.41) is 0. The lowest BCUT2D eigenvalue weighted by Crippen LogP contribution is -2.48. The Morgan fingerprint density at radius 2 is 2.00 bits per heavy atom. The molecular weight excluding hydrogens is 304 g/mol. The molecule has 1 aromatic rings. The lowest BCUT2D eigenvalue weighted by Gasteiger charge is -2.33. The monoisotopic (exact) mass is 320 g/mol. The number of rotatable bonds is 2. The fraction of sp³-hybridized carbons (Fsp3) is 0.400. The molecule has 19 heavy (non-hydrogen) atoms. The maximum absolute atomic E-state index is 12.4. The smallest absolute Gasteiger partial charge is 0.253 e. The molecule has 0 aromatic heterocycles. The van der Waals surface area contributed by atoms with E-state index in [9.17, 15) is 4.79 Å². The normalized spacial score (nSPS) is 16.2. The Labute approximate surface area is 122 Å². The van der Waals surface area contributed by atoms with Gasteiger partial charge in [-0.15, -0.1) is 6.42 Å². The molecule has 0 atom stereocenters. The summed E-state index contributed by atoms with van der Waals surface area (Å²) < 4.78 is 0.946. The van der Waals surface area contributed by atoms with Crippen LogP contribution >= 0.6 is 15.9 Å². The quantitative estimate of drug-likeness (QED) is 0.779. The van der Waals surface area contributed by atoms with Crippen molar-refractivity contribution >= 4 is 21.8 Å². The average molecular weight is 321 g/mol. The number of nitrogens with zero attached hydrogens (tertiary/aromatic N) is 2. The van der Waals surface area contributed by atoms with Crippen LogP contribution < -0.4 is 0 Å². The molecule has 0 saturated carbocycles. The molecule has 2 rings (SSSR count). The highest BCUT2D eigenvalue weighted by atomic mass is 79.9. The second-order valence-electron chi connectivity index (χ2n) is 4.79. The van der Waals surface area contributed by atoms with Crippen molar-refractivity contribution in [2.24, 2.45) is 0 Å². The van der Waals surface area contributed by atoms with Crippen molar-refractivity contribution in [2.45, 2.75) is 6.92 Å². The molecule has 1 aliphatic rings. The van der Waals surface area contributed by atoms with Gasteiger partial charge in [-0.2, -0.15) is 0 Å². The van der Waals surface area contributed by atoms with E-state index < -0.39 is 0 Å². The molecule has 0 N–H and O–H groups in total. The Hall–Kier alpha value is -1.31. The maximum atomic E-state index is 12.4. The number of amides is 1. The zero-order valence-corrected chi connectivity index (χ0v) is 12.6. The van der Waals surface area contributed by atoms with Crippen molar-refractivity contribution in [1.82, 2.24) is 9.80 Å². The van der Waals surface area contributed by atoms with Crippen LogP contribution in [0.1, 0.15) is 15.9 Å². The number of aryl methyl sites for hydroxylation is 1. The second kappa shape index (κ2) is 6.23. The molecule has 3 nitrogen and oxygen atoms in total. The Morgan fingerprint density at radius 1 is 1.32 bits per heavy atom. The molecule has 1 heterocycles. The van der Waals surface area contributed by atoms with Gasteiger partial charge in [0.1, 0.15) is 0 Å². The predicted octanol–water partition coefficient (Wildman–Crippen LogP) is 2.15. The van der Waals surface area contributed by atoms with Gasteiger partial charge >= 0.3 is 0 Å². The van der Waals surface area contributed by atoms with Crippen molar-refractivity contribution in [1.29, 1.82) is 0 Å². The molecule has 0 unspecified atom stereocenters. The Morgan fingerprint density at radius 3 is 2.58 bits per heavy atom. The van der Waals surface area contributed by atoms with Gasteiger partial charge in [0.25, 0.3) is 5.91 Å². The average Bonchev–Trinajstić information content (AvgIpc) is 2.38. The Balaban J connectivity index is 2.03. The minimum Gasteiger partial charge on any atom is -0.336 e.